The Morgan fingerprint density at radius 2 is 1.68 bits per heavy atom. The number of benzene rings is 1. The van der Waals surface area contributed by atoms with Gasteiger partial charge in [0.1, 0.15) is 6.29 Å². The average Bonchev–Trinajstić information content (AvgIpc) is 2.49. The average molecular weight is 278 g/mol. The van der Waals surface area contributed by atoms with Crippen molar-refractivity contribution in [3.63, 3.8) is 0 Å². The van der Waals surface area contributed by atoms with Crippen LogP contribution in [0.3, 0.4) is 0 Å². The molecule has 1 aromatic rings. The van der Waals surface area contributed by atoms with Crippen molar-refractivity contribution in [1.82, 2.24) is 0 Å². The van der Waals surface area contributed by atoms with Crippen molar-refractivity contribution in [3.05, 3.63) is 35.9 Å². The molecule has 1 aromatic carbocycles. The Hall–Kier alpha value is -0.933. The summed E-state index contributed by atoms with van der Waals surface area (Å²) in [6.45, 7) is 7.23. The fraction of sp³-hybridized carbons (Fsp3) is 0.562. The summed E-state index contributed by atoms with van der Waals surface area (Å²) in [6.07, 6.45) is 1.83. The highest BCUT2D eigenvalue weighted by atomic mass is 28.4. The lowest BCUT2D eigenvalue weighted by atomic mass is 10.0. The van der Waals surface area contributed by atoms with E-state index in [4.69, 9.17) is 4.43 Å². The monoisotopic (exact) mass is 278 g/mol. The summed E-state index contributed by atoms with van der Waals surface area (Å²) in [4.78, 5) is 11.2. The minimum atomic E-state index is -1.57. The molecule has 1 unspecified atom stereocenters. The second kappa shape index (κ2) is 8.28. The van der Waals surface area contributed by atoms with Crippen LogP contribution in [0.4, 0.5) is 0 Å². The summed E-state index contributed by atoms with van der Waals surface area (Å²) < 4.78 is 6.21. The zero-order chi connectivity index (χ0) is 14.1. The van der Waals surface area contributed by atoms with E-state index in [1.807, 2.05) is 18.2 Å². The summed E-state index contributed by atoms with van der Waals surface area (Å²) in [5.41, 5.74) is 1.21. The molecule has 0 saturated heterocycles. The molecular weight excluding hydrogens is 252 g/mol. The number of aldehydes is 1. The first-order valence-corrected chi connectivity index (χ1v) is 9.85. The van der Waals surface area contributed by atoms with Gasteiger partial charge in [-0.1, -0.05) is 51.1 Å². The van der Waals surface area contributed by atoms with Gasteiger partial charge >= 0.3 is 0 Å². The summed E-state index contributed by atoms with van der Waals surface area (Å²) in [5, 5.41) is 0. The number of carbonyl (C=O) groups excluding carboxylic acids is 1. The third kappa shape index (κ3) is 4.92. The number of rotatable bonds is 9. The smallest absolute Gasteiger partial charge is 0.192 e. The van der Waals surface area contributed by atoms with Crippen LogP contribution in [0.1, 0.15) is 26.3 Å². The van der Waals surface area contributed by atoms with Crippen LogP contribution < -0.4 is 0 Å². The van der Waals surface area contributed by atoms with Crippen LogP contribution in [0.5, 0.6) is 0 Å². The Labute approximate surface area is 118 Å². The molecule has 0 aliphatic rings. The Balaban J connectivity index is 2.55. The minimum absolute atomic E-state index is 0.0149. The Morgan fingerprint density at radius 1 is 1.11 bits per heavy atom. The normalized spacial score (nSPS) is 13.2. The SMILES string of the molecule is CC[Si](CC)(CC)OCC(C=O)Cc1ccccc1. The molecule has 106 valence electrons. The predicted molar refractivity (Wildman–Crippen MR) is 82.8 cm³/mol. The molecule has 3 heteroatoms. The van der Waals surface area contributed by atoms with E-state index in [0.29, 0.717) is 6.61 Å². The molecular formula is C16H26O2Si. The second-order valence-corrected chi connectivity index (χ2v) is 9.92. The van der Waals surface area contributed by atoms with Crippen molar-refractivity contribution in [2.75, 3.05) is 6.61 Å². The fourth-order valence-electron chi connectivity index (χ4n) is 2.40. The summed E-state index contributed by atoms with van der Waals surface area (Å²) in [7, 11) is -1.57. The zero-order valence-electron chi connectivity index (χ0n) is 12.4. The van der Waals surface area contributed by atoms with Crippen LogP contribution in [-0.2, 0) is 15.6 Å². The molecule has 1 atom stereocenters. The Kier molecular flexibility index (Phi) is 7.03. The summed E-state index contributed by atoms with van der Waals surface area (Å²) in [6, 6.07) is 13.6. The van der Waals surface area contributed by atoms with E-state index in [1.165, 1.54) is 5.56 Å². The van der Waals surface area contributed by atoms with Gasteiger partial charge in [0.15, 0.2) is 8.32 Å². The fourth-order valence-corrected chi connectivity index (χ4v) is 5.08. The molecule has 1 rings (SSSR count). The molecule has 0 amide bonds. The predicted octanol–water partition coefficient (Wildman–Crippen LogP) is 4.07. The van der Waals surface area contributed by atoms with E-state index < -0.39 is 8.32 Å². The first-order valence-electron chi connectivity index (χ1n) is 7.32. The molecule has 0 aliphatic carbocycles. The summed E-state index contributed by atoms with van der Waals surface area (Å²) >= 11 is 0. The molecule has 0 heterocycles. The van der Waals surface area contributed by atoms with Gasteiger partial charge in [0.2, 0.25) is 0 Å². The van der Waals surface area contributed by atoms with Gasteiger partial charge in [-0.25, -0.2) is 0 Å². The van der Waals surface area contributed by atoms with Crippen LogP contribution in [0.2, 0.25) is 18.1 Å². The van der Waals surface area contributed by atoms with Gasteiger partial charge in [-0.05, 0) is 30.1 Å². The van der Waals surface area contributed by atoms with Gasteiger partial charge in [-0.3, -0.25) is 0 Å². The molecule has 0 N–H and O–H groups in total. The number of hydrogen-bond acceptors (Lipinski definition) is 2. The van der Waals surface area contributed by atoms with Gasteiger partial charge in [-0.15, -0.1) is 0 Å². The molecule has 0 fully saturated rings. The third-order valence-corrected chi connectivity index (χ3v) is 8.71. The number of hydrogen-bond donors (Lipinski definition) is 0. The molecule has 0 spiro atoms. The van der Waals surface area contributed by atoms with Crippen molar-refractivity contribution in [2.45, 2.75) is 45.3 Å². The first-order chi connectivity index (χ1) is 9.19. The van der Waals surface area contributed by atoms with Crippen LogP contribution in [0, 0.1) is 5.92 Å². The molecule has 2 nitrogen and oxygen atoms in total. The van der Waals surface area contributed by atoms with E-state index in [0.717, 1.165) is 30.8 Å². The highest BCUT2D eigenvalue weighted by molar-refractivity contribution is 6.73. The van der Waals surface area contributed by atoms with E-state index in [9.17, 15) is 4.79 Å². The van der Waals surface area contributed by atoms with E-state index in [1.54, 1.807) is 0 Å². The maximum atomic E-state index is 11.2. The maximum Gasteiger partial charge on any atom is 0.192 e. The molecule has 0 aromatic heterocycles. The highest BCUT2D eigenvalue weighted by Crippen LogP contribution is 2.22. The van der Waals surface area contributed by atoms with Crippen LogP contribution >= 0.6 is 0 Å². The van der Waals surface area contributed by atoms with Crippen molar-refractivity contribution < 1.29 is 9.22 Å². The largest absolute Gasteiger partial charge is 0.416 e. The topological polar surface area (TPSA) is 26.3 Å². The minimum Gasteiger partial charge on any atom is -0.416 e. The van der Waals surface area contributed by atoms with Gasteiger partial charge in [0.05, 0.1) is 0 Å². The molecule has 0 aliphatic heterocycles. The zero-order valence-corrected chi connectivity index (χ0v) is 13.4. The van der Waals surface area contributed by atoms with Gasteiger partial charge in [0, 0.05) is 12.5 Å². The Bertz CT molecular complexity index is 352. The number of carbonyl (C=O) groups is 1. The van der Waals surface area contributed by atoms with E-state index >= 15 is 0 Å². The third-order valence-electron chi connectivity index (χ3n) is 4.07. The van der Waals surface area contributed by atoms with Gasteiger partial charge < -0.3 is 9.22 Å². The van der Waals surface area contributed by atoms with Crippen LogP contribution in [0.25, 0.3) is 0 Å². The first kappa shape index (κ1) is 16.1. The highest BCUT2D eigenvalue weighted by Gasteiger charge is 2.29. The lowest BCUT2D eigenvalue weighted by Gasteiger charge is -2.29. The standard InChI is InChI=1S/C16H26O2Si/c1-4-19(5-2,6-3)18-14-16(13-17)12-15-10-8-7-9-11-15/h7-11,13,16H,4-6,12,14H2,1-3H3. The van der Waals surface area contributed by atoms with Crippen molar-refractivity contribution in [1.29, 1.82) is 0 Å². The van der Waals surface area contributed by atoms with Crippen molar-refractivity contribution >= 4 is 14.6 Å². The van der Waals surface area contributed by atoms with Gasteiger partial charge in [0.25, 0.3) is 0 Å². The Morgan fingerprint density at radius 3 is 2.16 bits per heavy atom. The van der Waals surface area contributed by atoms with Gasteiger partial charge in [-0.2, -0.15) is 0 Å². The quantitative estimate of drug-likeness (QED) is 0.503. The second-order valence-electron chi connectivity index (χ2n) is 5.14. The lowest BCUT2D eigenvalue weighted by molar-refractivity contribution is -0.111. The van der Waals surface area contributed by atoms with E-state index in [2.05, 4.69) is 32.9 Å². The molecule has 19 heavy (non-hydrogen) atoms. The maximum absolute atomic E-state index is 11.2. The molecule has 0 bridgehead atoms. The van der Waals surface area contributed by atoms with E-state index in [-0.39, 0.29) is 5.92 Å². The van der Waals surface area contributed by atoms with Crippen LogP contribution in [0.15, 0.2) is 30.3 Å². The van der Waals surface area contributed by atoms with Crippen LogP contribution in [-0.4, -0.2) is 21.2 Å². The summed E-state index contributed by atoms with van der Waals surface area (Å²) in [5.74, 6) is -0.0149. The molecule has 0 saturated carbocycles. The van der Waals surface area contributed by atoms with Crippen molar-refractivity contribution in [2.24, 2.45) is 5.92 Å². The van der Waals surface area contributed by atoms with Crippen molar-refractivity contribution in [3.8, 4) is 0 Å². The lowest BCUT2D eigenvalue weighted by Crippen LogP contribution is -2.38. The molecule has 0 radical (unpaired) electrons.